The Hall–Kier alpha value is -0.710. The molecule has 0 saturated carbocycles. The van der Waals surface area contributed by atoms with Gasteiger partial charge in [0.25, 0.3) is 0 Å². The Bertz CT molecular complexity index is 1100. The summed E-state index contributed by atoms with van der Waals surface area (Å²) in [5, 5.41) is -4.76. The topological polar surface area (TPSA) is 52.6 Å². The molecule has 9 heteroatoms. The molecule has 0 aromatic heterocycles. The van der Waals surface area contributed by atoms with Crippen LogP contribution in [0.2, 0.25) is 0 Å². The van der Waals surface area contributed by atoms with Gasteiger partial charge in [0.15, 0.2) is 0 Å². The van der Waals surface area contributed by atoms with Gasteiger partial charge in [0.2, 0.25) is 0 Å². The number of hydrogen-bond acceptors (Lipinski definition) is 4. The monoisotopic (exact) mass is 524 g/mol. The van der Waals surface area contributed by atoms with E-state index >= 15 is 0 Å². The minimum atomic E-state index is -4.76. The van der Waals surface area contributed by atoms with Crippen LogP contribution in [0, 0.1) is 13.8 Å². The van der Waals surface area contributed by atoms with E-state index in [-0.39, 0.29) is 32.1 Å². The Kier molecular flexibility index (Phi) is 5.74. The molecule has 0 fully saturated rings. The van der Waals surface area contributed by atoms with Crippen LogP contribution in [0.5, 0.6) is 11.5 Å². The third-order valence-corrected chi connectivity index (χ3v) is 9.19. The van der Waals surface area contributed by atoms with Gasteiger partial charge in [-0.3, -0.25) is 0 Å². The van der Waals surface area contributed by atoms with E-state index < -0.39 is 15.0 Å². The van der Waals surface area contributed by atoms with E-state index in [1.165, 1.54) is 0 Å². The van der Waals surface area contributed by atoms with E-state index in [4.69, 9.17) is 42.8 Å². The summed E-state index contributed by atoms with van der Waals surface area (Å²) in [7, 11) is -4.05. The number of hydrogen-bond donors (Lipinski definition) is 0. The van der Waals surface area contributed by atoms with Crippen molar-refractivity contribution in [2.75, 3.05) is 0 Å². The van der Waals surface area contributed by atoms with Crippen molar-refractivity contribution in [1.29, 1.82) is 0 Å². The zero-order chi connectivity index (χ0) is 23.8. The van der Waals surface area contributed by atoms with Gasteiger partial charge < -0.3 is 0 Å². The molecule has 2 aromatic carbocycles. The molecule has 1 aliphatic heterocycles. The first-order valence-electron chi connectivity index (χ1n) is 9.83. The predicted molar refractivity (Wildman–Crippen MR) is 131 cm³/mol. The fraction of sp³-hybridized carbons (Fsp3) is 0.455. The summed E-state index contributed by atoms with van der Waals surface area (Å²) in [5.41, 5.74) is 2.18. The molecular weight excluding hydrogens is 498 g/mol. The molecule has 31 heavy (non-hydrogen) atoms. The third-order valence-electron chi connectivity index (χ3n) is 5.26. The quantitative estimate of drug-likeness (QED) is 0.324. The maximum atomic E-state index is 14.0. The van der Waals surface area contributed by atoms with Crippen LogP contribution < -0.4 is 9.05 Å². The Balaban J connectivity index is 2.50. The van der Waals surface area contributed by atoms with Crippen molar-refractivity contribution in [3.05, 3.63) is 46.5 Å². The van der Waals surface area contributed by atoms with Gasteiger partial charge in [-0.2, -0.15) is 0 Å². The van der Waals surface area contributed by atoms with Crippen molar-refractivity contribution in [3.8, 4) is 11.5 Å². The first kappa shape index (κ1) is 24.9. The van der Waals surface area contributed by atoms with Crippen LogP contribution in [0.4, 0.5) is 0 Å². The SMILES string of the molecule is Cc1cc(C(C)(C)C)cc2c1OP(Cl)(Cl)(Cl)Oc1c(C)cc(C(C)(C)C)cc1S2(=O)=O. The Morgan fingerprint density at radius 1 is 0.710 bits per heavy atom. The summed E-state index contributed by atoms with van der Waals surface area (Å²) in [5.74, 6) is 0.0188. The number of halogens is 3. The van der Waals surface area contributed by atoms with Gasteiger partial charge in [-0.05, 0) is 0 Å². The van der Waals surface area contributed by atoms with Gasteiger partial charge in [0, 0.05) is 0 Å². The summed E-state index contributed by atoms with van der Waals surface area (Å²) < 4.78 is 39.5. The molecule has 3 rings (SSSR count). The average molecular weight is 526 g/mol. The van der Waals surface area contributed by atoms with Crippen LogP contribution in [0.15, 0.2) is 34.1 Å². The Labute approximate surface area is 199 Å². The normalized spacial score (nSPS) is 20.5. The van der Waals surface area contributed by atoms with Gasteiger partial charge in [0.05, 0.1) is 0 Å². The number of sulfone groups is 1. The van der Waals surface area contributed by atoms with E-state index in [9.17, 15) is 8.42 Å². The predicted octanol–water partition coefficient (Wildman–Crippen LogP) is 8.35. The maximum absolute atomic E-state index is 14.0. The van der Waals surface area contributed by atoms with E-state index in [2.05, 4.69) is 0 Å². The van der Waals surface area contributed by atoms with Crippen LogP contribution in [0.25, 0.3) is 0 Å². The second kappa shape index (κ2) is 7.14. The summed E-state index contributed by atoms with van der Waals surface area (Å²) in [4.78, 5) is -0.0493. The molecule has 0 saturated heterocycles. The fourth-order valence-corrected chi connectivity index (χ4v) is 7.55. The fourth-order valence-electron chi connectivity index (χ4n) is 3.40. The molecule has 0 aliphatic carbocycles. The zero-order valence-corrected chi connectivity index (χ0v) is 22.9. The second-order valence-electron chi connectivity index (χ2n) is 10.1. The van der Waals surface area contributed by atoms with Crippen molar-refractivity contribution in [2.45, 2.75) is 76.0 Å². The van der Waals surface area contributed by atoms with Gasteiger partial charge in [-0.1, -0.05) is 0 Å². The molecule has 0 unspecified atom stereocenters. The molecule has 0 N–H and O–H groups in total. The molecule has 172 valence electrons. The first-order valence-corrected chi connectivity index (χ1v) is 16.1. The van der Waals surface area contributed by atoms with Gasteiger partial charge in [-0.25, -0.2) is 0 Å². The van der Waals surface area contributed by atoms with E-state index in [1.54, 1.807) is 26.0 Å². The van der Waals surface area contributed by atoms with E-state index in [0.717, 1.165) is 11.1 Å². The standard InChI is InChI=1S/C22H28Cl3O4PS/c1-13-9-15(21(3,4)5)11-17-19(13)28-30(23,24,25)29-20-14(2)10-16(22(6,7)8)12-18(20)31(17,26)27/h9-12H,1-8H3. The number of aryl methyl sites for hydroxylation is 2. The van der Waals surface area contributed by atoms with Gasteiger partial charge >= 0.3 is 200 Å². The Morgan fingerprint density at radius 2 is 1.03 bits per heavy atom. The third kappa shape index (κ3) is 4.82. The molecule has 0 radical (unpaired) electrons. The zero-order valence-electron chi connectivity index (χ0n) is 18.9. The second-order valence-corrected chi connectivity index (χ2v) is 20.8. The Morgan fingerprint density at radius 3 is 1.32 bits per heavy atom. The van der Waals surface area contributed by atoms with Crippen LogP contribution >= 0.6 is 38.8 Å². The number of rotatable bonds is 0. The molecule has 1 aliphatic rings. The summed E-state index contributed by atoms with van der Waals surface area (Å²) in [6, 6.07) is 6.93. The van der Waals surface area contributed by atoms with Crippen LogP contribution in [-0.4, -0.2) is 8.42 Å². The molecule has 2 aromatic rings. The molecular formula is C22H28Cl3O4PS. The molecule has 0 spiro atoms. The number of benzene rings is 2. The minimum absolute atomic E-state index is 0.00938. The van der Waals surface area contributed by atoms with Crippen molar-refractivity contribution in [3.63, 3.8) is 0 Å². The molecule has 0 atom stereocenters. The first-order chi connectivity index (χ1) is 13.7. The molecule has 0 amide bonds. The summed E-state index contributed by atoms with van der Waals surface area (Å²) in [6.07, 6.45) is 0. The van der Waals surface area contributed by atoms with Crippen molar-refractivity contribution < 1.29 is 17.5 Å². The van der Waals surface area contributed by atoms with Crippen molar-refractivity contribution in [1.82, 2.24) is 0 Å². The number of fused-ring (bicyclic) bond motifs is 2. The van der Waals surface area contributed by atoms with Gasteiger partial charge in [0.1, 0.15) is 0 Å². The van der Waals surface area contributed by atoms with Crippen LogP contribution in [0.3, 0.4) is 0 Å². The molecule has 1 heterocycles. The van der Waals surface area contributed by atoms with Crippen LogP contribution in [-0.2, 0) is 20.7 Å². The summed E-state index contributed by atoms with van der Waals surface area (Å²) >= 11 is 19.4. The van der Waals surface area contributed by atoms with Crippen molar-refractivity contribution >= 4 is 48.7 Å². The van der Waals surface area contributed by atoms with E-state index in [0.29, 0.717) is 11.1 Å². The van der Waals surface area contributed by atoms with E-state index in [1.807, 2.05) is 53.7 Å². The average Bonchev–Trinajstić information content (AvgIpc) is 2.54. The molecule has 4 nitrogen and oxygen atoms in total. The molecule has 0 bridgehead atoms. The summed E-state index contributed by atoms with van der Waals surface area (Å²) in [6.45, 7) is 15.5. The van der Waals surface area contributed by atoms with Gasteiger partial charge in [-0.15, -0.1) is 0 Å². The van der Waals surface area contributed by atoms with Crippen LogP contribution in [0.1, 0.15) is 63.8 Å². The van der Waals surface area contributed by atoms with Crippen molar-refractivity contribution in [2.24, 2.45) is 0 Å².